The normalized spacial score (nSPS) is 18.6. The maximum Gasteiger partial charge on any atom is 0.225 e. The zero-order valence-corrected chi connectivity index (χ0v) is 16.1. The van der Waals surface area contributed by atoms with Crippen LogP contribution >= 0.6 is 0 Å². The number of benzene rings is 1. The Bertz CT molecular complexity index is 853. The van der Waals surface area contributed by atoms with Crippen molar-refractivity contribution in [3.8, 4) is 0 Å². The highest BCUT2D eigenvalue weighted by Crippen LogP contribution is 2.23. The van der Waals surface area contributed by atoms with Gasteiger partial charge >= 0.3 is 0 Å². The lowest BCUT2D eigenvalue weighted by Gasteiger charge is -2.33. The van der Waals surface area contributed by atoms with Crippen LogP contribution in [0, 0.1) is 0 Å². The highest BCUT2D eigenvalue weighted by molar-refractivity contribution is 5.98. The maximum atomic E-state index is 12.5. The van der Waals surface area contributed by atoms with E-state index in [4.69, 9.17) is 0 Å². The molecule has 0 saturated carbocycles. The Balaban J connectivity index is 1.26. The second-order valence-electron chi connectivity index (χ2n) is 7.66. The van der Waals surface area contributed by atoms with Crippen molar-refractivity contribution in [2.75, 3.05) is 18.0 Å². The predicted octanol–water partition coefficient (Wildman–Crippen LogP) is 2.71. The molecule has 1 aliphatic heterocycles. The molecule has 1 N–H and O–H groups in total. The summed E-state index contributed by atoms with van der Waals surface area (Å²) in [6, 6.07) is 7.85. The van der Waals surface area contributed by atoms with Crippen molar-refractivity contribution >= 4 is 17.6 Å². The van der Waals surface area contributed by atoms with Gasteiger partial charge in [0.15, 0.2) is 5.78 Å². The van der Waals surface area contributed by atoms with Crippen LogP contribution in [0.15, 0.2) is 36.7 Å². The minimum atomic E-state index is -0.0599. The molecule has 6 nitrogen and oxygen atoms in total. The zero-order valence-electron chi connectivity index (χ0n) is 16.1. The standard InChI is InChI=1S/C22H26N4O2/c27-20(18-8-7-16-4-1-5-17(16)14-18)9-10-21(28)25-19-6-2-13-26(15-19)22-23-11-3-12-24-22/h3,7-8,11-12,14,19H,1-2,4-6,9-10,13,15H2,(H,25,28). The predicted molar refractivity (Wildman–Crippen MR) is 107 cm³/mol. The zero-order chi connectivity index (χ0) is 19.3. The van der Waals surface area contributed by atoms with Crippen LogP contribution in [0.5, 0.6) is 0 Å². The second-order valence-corrected chi connectivity index (χ2v) is 7.66. The topological polar surface area (TPSA) is 75.2 Å². The summed E-state index contributed by atoms with van der Waals surface area (Å²) in [5.74, 6) is 0.691. The number of anilines is 1. The Morgan fingerprint density at radius 1 is 1.07 bits per heavy atom. The van der Waals surface area contributed by atoms with E-state index in [0.717, 1.165) is 37.8 Å². The van der Waals surface area contributed by atoms with E-state index < -0.39 is 0 Å². The molecule has 6 heteroatoms. The van der Waals surface area contributed by atoms with Crippen LogP contribution in [0.2, 0.25) is 0 Å². The summed E-state index contributed by atoms with van der Waals surface area (Å²) in [6.45, 7) is 1.60. The fraction of sp³-hybridized carbons (Fsp3) is 0.455. The van der Waals surface area contributed by atoms with Crippen LogP contribution < -0.4 is 10.2 Å². The van der Waals surface area contributed by atoms with Crippen LogP contribution in [0.1, 0.15) is 53.6 Å². The largest absolute Gasteiger partial charge is 0.352 e. The number of hydrogen-bond acceptors (Lipinski definition) is 5. The lowest BCUT2D eigenvalue weighted by atomic mass is 10.0. The molecule has 146 valence electrons. The van der Waals surface area contributed by atoms with E-state index in [9.17, 15) is 9.59 Å². The molecule has 1 atom stereocenters. The Morgan fingerprint density at radius 3 is 2.75 bits per heavy atom. The van der Waals surface area contributed by atoms with Crippen molar-refractivity contribution in [2.45, 2.75) is 51.0 Å². The molecule has 2 aromatic rings. The molecule has 1 aromatic heterocycles. The molecule has 0 bridgehead atoms. The monoisotopic (exact) mass is 378 g/mol. The van der Waals surface area contributed by atoms with Gasteiger partial charge in [0, 0.05) is 49.9 Å². The van der Waals surface area contributed by atoms with Crippen LogP contribution in [0.3, 0.4) is 0 Å². The number of Topliss-reactive ketones (excluding diaryl/α,β-unsaturated/α-hetero) is 1. The molecule has 4 rings (SSSR count). The summed E-state index contributed by atoms with van der Waals surface area (Å²) in [5, 5.41) is 3.08. The third kappa shape index (κ3) is 4.38. The number of nitrogens with zero attached hydrogens (tertiary/aromatic N) is 3. The molecule has 1 unspecified atom stereocenters. The molecule has 1 amide bonds. The number of amides is 1. The van der Waals surface area contributed by atoms with Crippen LogP contribution in [0.4, 0.5) is 5.95 Å². The van der Waals surface area contributed by atoms with Gasteiger partial charge in [0.25, 0.3) is 0 Å². The molecular formula is C22H26N4O2. The quantitative estimate of drug-likeness (QED) is 0.783. The number of aromatic nitrogens is 2. The van der Waals surface area contributed by atoms with Crippen molar-refractivity contribution < 1.29 is 9.59 Å². The van der Waals surface area contributed by atoms with Gasteiger partial charge in [0.1, 0.15) is 0 Å². The second kappa shape index (κ2) is 8.50. The molecule has 1 fully saturated rings. The summed E-state index contributed by atoms with van der Waals surface area (Å²) in [6.07, 6.45) is 9.20. The van der Waals surface area contributed by atoms with Crippen molar-refractivity contribution in [1.29, 1.82) is 0 Å². The fourth-order valence-corrected chi connectivity index (χ4v) is 4.15. The van der Waals surface area contributed by atoms with Crippen LogP contribution in [-0.4, -0.2) is 40.8 Å². The highest BCUT2D eigenvalue weighted by Gasteiger charge is 2.23. The van der Waals surface area contributed by atoms with Crippen molar-refractivity contribution in [1.82, 2.24) is 15.3 Å². The van der Waals surface area contributed by atoms with Gasteiger partial charge in [0.2, 0.25) is 11.9 Å². The first-order valence-corrected chi connectivity index (χ1v) is 10.2. The Labute approximate surface area is 165 Å². The van der Waals surface area contributed by atoms with E-state index in [0.29, 0.717) is 12.5 Å². The molecule has 0 radical (unpaired) electrons. The van der Waals surface area contributed by atoms with Gasteiger partial charge in [-0.15, -0.1) is 0 Å². The first kappa shape index (κ1) is 18.6. The lowest BCUT2D eigenvalue weighted by molar-refractivity contribution is -0.121. The third-order valence-electron chi connectivity index (χ3n) is 5.62. The number of nitrogens with one attached hydrogen (secondary N) is 1. The fourth-order valence-electron chi connectivity index (χ4n) is 4.15. The van der Waals surface area contributed by atoms with Crippen molar-refractivity contribution in [2.24, 2.45) is 0 Å². The number of carbonyl (C=O) groups excluding carboxylic acids is 2. The number of aryl methyl sites for hydroxylation is 2. The van der Waals surface area contributed by atoms with E-state index in [1.165, 1.54) is 17.5 Å². The summed E-state index contributed by atoms with van der Waals surface area (Å²) >= 11 is 0. The summed E-state index contributed by atoms with van der Waals surface area (Å²) in [4.78, 5) is 35.5. The Hall–Kier alpha value is -2.76. The molecule has 1 aromatic carbocycles. The first-order chi connectivity index (χ1) is 13.7. The SMILES string of the molecule is O=C(CCC(=O)c1ccc2c(c1)CCC2)NC1CCCN(c2ncccn2)C1. The van der Waals surface area contributed by atoms with E-state index in [1.54, 1.807) is 18.5 Å². The van der Waals surface area contributed by atoms with Gasteiger partial charge in [0.05, 0.1) is 0 Å². The molecule has 1 saturated heterocycles. The number of fused-ring (bicyclic) bond motifs is 1. The molecular weight excluding hydrogens is 352 g/mol. The van der Waals surface area contributed by atoms with Crippen molar-refractivity contribution in [3.05, 3.63) is 53.3 Å². The van der Waals surface area contributed by atoms with Gasteiger partial charge in [-0.25, -0.2) is 9.97 Å². The average Bonchev–Trinajstić information content (AvgIpc) is 3.21. The van der Waals surface area contributed by atoms with Crippen LogP contribution in [0.25, 0.3) is 0 Å². The molecule has 1 aliphatic carbocycles. The number of ketones is 1. The lowest BCUT2D eigenvalue weighted by Crippen LogP contribution is -2.48. The maximum absolute atomic E-state index is 12.5. The third-order valence-corrected chi connectivity index (χ3v) is 5.62. The van der Waals surface area contributed by atoms with E-state index in [1.807, 2.05) is 12.1 Å². The van der Waals surface area contributed by atoms with E-state index >= 15 is 0 Å². The number of hydrogen-bond donors (Lipinski definition) is 1. The molecule has 28 heavy (non-hydrogen) atoms. The first-order valence-electron chi connectivity index (χ1n) is 10.2. The van der Waals surface area contributed by atoms with Gasteiger partial charge in [-0.3, -0.25) is 9.59 Å². The van der Waals surface area contributed by atoms with Crippen LogP contribution in [-0.2, 0) is 17.6 Å². The molecule has 2 heterocycles. The number of carbonyl (C=O) groups is 2. The smallest absolute Gasteiger partial charge is 0.225 e. The summed E-state index contributed by atoms with van der Waals surface area (Å²) in [5.41, 5.74) is 3.39. The number of piperidine rings is 1. The van der Waals surface area contributed by atoms with E-state index in [-0.39, 0.29) is 30.6 Å². The minimum absolute atomic E-state index is 0.0489. The highest BCUT2D eigenvalue weighted by atomic mass is 16.2. The summed E-state index contributed by atoms with van der Waals surface area (Å²) in [7, 11) is 0. The molecule has 0 spiro atoms. The summed E-state index contributed by atoms with van der Waals surface area (Å²) < 4.78 is 0. The molecule has 2 aliphatic rings. The number of rotatable bonds is 6. The Kier molecular flexibility index (Phi) is 5.65. The average molecular weight is 378 g/mol. The Morgan fingerprint density at radius 2 is 1.89 bits per heavy atom. The minimum Gasteiger partial charge on any atom is -0.352 e. The van der Waals surface area contributed by atoms with E-state index in [2.05, 4.69) is 26.3 Å². The van der Waals surface area contributed by atoms with Gasteiger partial charge in [-0.2, -0.15) is 0 Å². The van der Waals surface area contributed by atoms with Crippen molar-refractivity contribution in [3.63, 3.8) is 0 Å². The van der Waals surface area contributed by atoms with Gasteiger partial charge in [-0.05, 0) is 55.4 Å². The van der Waals surface area contributed by atoms with Gasteiger partial charge < -0.3 is 10.2 Å². The van der Waals surface area contributed by atoms with Gasteiger partial charge in [-0.1, -0.05) is 12.1 Å².